The molecule has 18 heavy (non-hydrogen) atoms. The van der Waals surface area contributed by atoms with Crippen molar-refractivity contribution >= 4 is 0 Å². The monoisotopic (exact) mass is 258 g/mol. The molecule has 108 valence electrons. The van der Waals surface area contributed by atoms with Gasteiger partial charge in [0.15, 0.2) is 0 Å². The van der Waals surface area contributed by atoms with Gasteiger partial charge in [-0.05, 0) is 48.1 Å². The third kappa shape index (κ3) is 2.57. The Kier molecular flexibility index (Phi) is 4.49. The predicted molar refractivity (Wildman–Crippen MR) is 74.7 cm³/mol. The average molecular weight is 258 g/mol. The van der Waals surface area contributed by atoms with Crippen molar-refractivity contribution in [3.63, 3.8) is 0 Å². The highest BCUT2D eigenvalue weighted by Gasteiger charge is 2.59. The second kappa shape index (κ2) is 5.08. The summed E-state index contributed by atoms with van der Waals surface area (Å²) in [6, 6.07) is 0.315. The standard InChI is InChI=1S/C14H30N2O2/c1-11(8-17-7)16(6)14(10-15)9-12(2,3)18-13(14,4)5/h11H,8-10,15H2,1-7H3. The molecule has 2 atom stereocenters. The summed E-state index contributed by atoms with van der Waals surface area (Å²) >= 11 is 0. The Bertz CT molecular complexity index is 292. The quantitative estimate of drug-likeness (QED) is 0.814. The largest absolute Gasteiger partial charge is 0.383 e. The maximum absolute atomic E-state index is 6.23. The zero-order chi connectivity index (χ0) is 14.2. The van der Waals surface area contributed by atoms with Crippen LogP contribution in [-0.4, -0.2) is 55.0 Å². The van der Waals surface area contributed by atoms with Crippen molar-refractivity contribution in [2.75, 3.05) is 27.3 Å². The van der Waals surface area contributed by atoms with Crippen molar-refractivity contribution in [2.24, 2.45) is 5.73 Å². The Morgan fingerprint density at radius 3 is 2.22 bits per heavy atom. The van der Waals surface area contributed by atoms with Gasteiger partial charge >= 0.3 is 0 Å². The summed E-state index contributed by atoms with van der Waals surface area (Å²) in [6.07, 6.45) is 0.939. The van der Waals surface area contributed by atoms with E-state index in [2.05, 4.69) is 46.6 Å². The summed E-state index contributed by atoms with van der Waals surface area (Å²) in [5.74, 6) is 0. The molecule has 0 radical (unpaired) electrons. The summed E-state index contributed by atoms with van der Waals surface area (Å²) in [5.41, 5.74) is 5.60. The second-order valence-electron chi connectivity index (χ2n) is 6.70. The Hall–Kier alpha value is -0.160. The lowest BCUT2D eigenvalue weighted by atomic mass is 9.77. The van der Waals surface area contributed by atoms with Crippen molar-refractivity contribution in [1.29, 1.82) is 0 Å². The van der Waals surface area contributed by atoms with Crippen LogP contribution in [0.1, 0.15) is 41.0 Å². The first-order valence-corrected chi connectivity index (χ1v) is 6.74. The van der Waals surface area contributed by atoms with E-state index in [4.69, 9.17) is 15.2 Å². The maximum Gasteiger partial charge on any atom is 0.0830 e. The smallest absolute Gasteiger partial charge is 0.0830 e. The van der Waals surface area contributed by atoms with E-state index >= 15 is 0 Å². The minimum Gasteiger partial charge on any atom is -0.383 e. The molecule has 2 unspecified atom stereocenters. The zero-order valence-electron chi connectivity index (χ0n) is 13.0. The lowest BCUT2D eigenvalue weighted by molar-refractivity contribution is -0.108. The predicted octanol–water partition coefficient (Wildman–Crippen LogP) is 1.63. The van der Waals surface area contributed by atoms with Gasteiger partial charge in [0.1, 0.15) is 0 Å². The summed E-state index contributed by atoms with van der Waals surface area (Å²) in [7, 11) is 3.86. The Balaban J connectivity index is 3.05. The highest BCUT2D eigenvalue weighted by atomic mass is 16.5. The fourth-order valence-corrected chi connectivity index (χ4v) is 3.53. The number of methoxy groups -OCH3 is 1. The highest BCUT2D eigenvalue weighted by molar-refractivity contribution is 5.13. The van der Waals surface area contributed by atoms with Crippen molar-refractivity contribution in [3.8, 4) is 0 Å². The molecule has 1 aliphatic heterocycles. The molecule has 0 aromatic carbocycles. The number of nitrogens with two attached hydrogens (primary N) is 1. The first-order chi connectivity index (χ1) is 8.12. The molecule has 2 N–H and O–H groups in total. The number of nitrogens with zero attached hydrogens (tertiary/aromatic N) is 1. The molecule has 0 amide bonds. The molecule has 0 spiro atoms. The van der Waals surface area contributed by atoms with E-state index < -0.39 is 0 Å². The Morgan fingerprint density at radius 1 is 1.33 bits per heavy atom. The van der Waals surface area contributed by atoms with Crippen LogP contribution in [0.2, 0.25) is 0 Å². The van der Waals surface area contributed by atoms with Gasteiger partial charge in [0.05, 0.1) is 23.3 Å². The molecule has 1 fully saturated rings. The van der Waals surface area contributed by atoms with Crippen LogP contribution < -0.4 is 5.73 Å². The van der Waals surface area contributed by atoms with Gasteiger partial charge in [0, 0.05) is 19.7 Å². The van der Waals surface area contributed by atoms with Crippen LogP contribution in [-0.2, 0) is 9.47 Å². The molecule has 1 rings (SSSR count). The number of hydrogen-bond donors (Lipinski definition) is 1. The number of likely N-dealkylation sites (N-methyl/N-ethyl adjacent to an activating group) is 1. The van der Waals surface area contributed by atoms with Gasteiger partial charge in [-0.2, -0.15) is 0 Å². The fourth-order valence-electron chi connectivity index (χ4n) is 3.53. The topological polar surface area (TPSA) is 47.7 Å². The van der Waals surface area contributed by atoms with E-state index in [1.807, 2.05) is 0 Å². The van der Waals surface area contributed by atoms with E-state index in [1.54, 1.807) is 7.11 Å². The summed E-state index contributed by atoms with van der Waals surface area (Å²) in [5, 5.41) is 0. The Labute approximate surface area is 112 Å². The first kappa shape index (κ1) is 15.9. The van der Waals surface area contributed by atoms with Gasteiger partial charge in [0.25, 0.3) is 0 Å². The first-order valence-electron chi connectivity index (χ1n) is 6.74. The molecule has 0 bridgehead atoms. The van der Waals surface area contributed by atoms with E-state index in [9.17, 15) is 0 Å². The highest BCUT2D eigenvalue weighted by Crippen LogP contribution is 2.48. The molecule has 1 saturated heterocycles. The van der Waals surface area contributed by atoms with E-state index in [-0.39, 0.29) is 16.7 Å². The van der Waals surface area contributed by atoms with Crippen molar-refractivity contribution < 1.29 is 9.47 Å². The van der Waals surface area contributed by atoms with Crippen molar-refractivity contribution in [2.45, 2.75) is 63.8 Å². The van der Waals surface area contributed by atoms with E-state index in [0.717, 1.165) is 6.42 Å². The normalized spacial score (nSPS) is 31.8. The molecule has 4 nitrogen and oxygen atoms in total. The minimum atomic E-state index is -0.262. The molecular weight excluding hydrogens is 228 g/mol. The van der Waals surface area contributed by atoms with Crippen LogP contribution in [0.4, 0.5) is 0 Å². The second-order valence-corrected chi connectivity index (χ2v) is 6.70. The van der Waals surface area contributed by atoms with Gasteiger partial charge in [-0.25, -0.2) is 0 Å². The van der Waals surface area contributed by atoms with Crippen LogP contribution in [0.15, 0.2) is 0 Å². The average Bonchev–Trinajstić information content (AvgIpc) is 2.42. The molecule has 0 saturated carbocycles. The van der Waals surface area contributed by atoms with E-state index in [1.165, 1.54) is 0 Å². The molecule has 0 aromatic heterocycles. The van der Waals surface area contributed by atoms with Crippen LogP contribution in [0.5, 0.6) is 0 Å². The number of hydrogen-bond acceptors (Lipinski definition) is 4. The molecule has 1 aliphatic rings. The van der Waals surface area contributed by atoms with Crippen LogP contribution in [0, 0.1) is 0 Å². The molecule has 1 heterocycles. The van der Waals surface area contributed by atoms with E-state index in [0.29, 0.717) is 19.2 Å². The fraction of sp³-hybridized carbons (Fsp3) is 1.00. The summed E-state index contributed by atoms with van der Waals surface area (Å²) in [6.45, 7) is 12.0. The van der Waals surface area contributed by atoms with Gasteiger partial charge in [-0.3, -0.25) is 4.90 Å². The van der Waals surface area contributed by atoms with Gasteiger partial charge in [0.2, 0.25) is 0 Å². The van der Waals surface area contributed by atoms with Crippen LogP contribution in [0.25, 0.3) is 0 Å². The SMILES string of the molecule is COCC(C)N(C)C1(CN)CC(C)(C)OC1(C)C. The summed E-state index contributed by atoms with van der Waals surface area (Å²) in [4.78, 5) is 2.34. The molecular formula is C14H30N2O2. The van der Waals surface area contributed by atoms with Gasteiger partial charge < -0.3 is 15.2 Å². The third-order valence-electron chi connectivity index (χ3n) is 4.45. The molecule has 0 aliphatic carbocycles. The third-order valence-corrected chi connectivity index (χ3v) is 4.45. The zero-order valence-corrected chi connectivity index (χ0v) is 13.0. The minimum absolute atomic E-state index is 0.135. The molecule has 0 aromatic rings. The van der Waals surface area contributed by atoms with Crippen LogP contribution in [0.3, 0.4) is 0 Å². The van der Waals surface area contributed by atoms with Gasteiger partial charge in [-0.15, -0.1) is 0 Å². The lowest BCUT2D eigenvalue weighted by Crippen LogP contribution is -2.64. The molecule has 4 heteroatoms. The number of ether oxygens (including phenoxy) is 2. The Morgan fingerprint density at radius 2 is 1.89 bits per heavy atom. The maximum atomic E-state index is 6.23. The van der Waals surface area contributed by atoms with Crippen LogP contribution >= 0.6 is 0 Å². The van der Waals surface area contributed by atoms with Gasteiger partial charge in [-0.1, -0.05) is 0 Å². The number of rotatable bonds is 5. The summed E-state index contributed by atoms with van der Waals surface area (Å²) < 4.78 is 11.5. The van der Waals surface area contributed by atoms with Crippen molar-refractivity contribution in [3.05, 3.63) is 0 Å². The van der Waals surface area contributed by atoms with Crippen molar-refractivity contribution in [1.82, 2.24) is 4.90 Å². The lowest BCUT2D eigenvalue weighted by Gasteiger charge is -2.48.